The largest absolute Gasteiger partial charge is 0.497 e. The van der Waals surface area contributed by atoms with E-state index in [-0.39, 0.29) is 24.9 Å². The Hall–Kier alpha value is -4.20. The molecule has 0 radical (unpaired) electrons. The van der Waals surface area contributed by atoms with Crippen LogP contribution in [0, 0.1) is 0 Å². The summed E-state index contributed by atoms with van der Waals surface area (Å²) in [5, 5.41) is 5.72. The summed E-state index contributed by atoms with van der Waals surface area (Å²) < 4.78 is 21.2. The van der Waals surface area contributed by atoms with Crippen molar-refractivity contribution in [3.8, 4) is 23.0 Å². The highest BCUT2D eigenvalue weighted by atomic mass is 16.5. The van der Waals surface area contributed by atoms with Crippen molar-refractivity contribution in [1.29, 1.82) is 0 Å². The minimum absolute atomic E-state index is 0.266. The summed E-state index contributed by atoms with van der Waals surface area (Å²) in [6, 6.07) is 17.2. The molecule has 8 nitrogen and oxygen atoms in total. The van der Waals surface area contributed by atoms with E-state index >= 15 is 0 Å². The van der Waals surface area contributed by atoms with Crippen molar-refractivity contribution in [2.75, 3.05) is 28.4 Å². The Morgan fingerprint density at radius 3 is 1.29 bits per heavy atom. The van der Waals surface area contributed by atoms with Crippen molar-refractivity contribution in [3.05, 3.63) is 82.9 Å². The molecule has 2 N–H and O–H groups in total. The van der Waals surface area contributed by atoms with Crippen LogP contribution in [0.25, 0.3) is 0 Å². The van der Waals surface area contributed by atoms with Gasteiger partial charge in [0.1, 0.15) is 23.0 Å². The maximum Gasteiger partial charge on any atom is 0.251 e. The lowest BCUT2D eigenvalue weighted by molar-refractivity contribution is 0.0939. The van der Waals surface area contributed by atoms with Gasteiger partial charge in [-0.05, 0) is 60.7 Å². The van der Waals surface area contributed by atoms with Crippen LogP contribution in [-0.2, 0) is 13.1 Å². The van der Waals surface area contributed by atoms with Crippen LogP contribution in [0.15, 0.2) is 60.7 Å². The maximum atomic E-state index is 12.6. The van der Waals surface area contributed by atoms with Crippen LogP contribution in [0.2, 0.25) is 0 Å². The maximum absolute atomic E-state index is 12.6. The van der Waals surface area contributed by atoms with Crippen molar-refractivity contribution in [1.82, 2.24) is 10.6 Å². The Morgan fingerprint density at radius 2 is 0.971 bits per heavy atom. The molecule has 3 aromatic carbocycles. The van der Waals surface area contributed by atoms with Crippen LogP contribution in [0.3, 0.4) is 0 Å². The molecule has 0 aliphatic heterocycles. The lowest BCUT2D eigenvalue weighted by Gasteiger charge is -2.12. The highest BCUT2D eigenvalue weighted by molar-refractivity contribution is 5.97. The molecule has 0 unspecified atom stereocenters. The van der Waals surface area contributed by atoms with Gasteiger partial charge in [-0.2, -0.15) is 0 Å². The van der Waals surface area contributed by atoms with Gasteiger partial charge in [-0.25, -0.2) is 0 Å². The fraction of sp³-hybridized carbons (Fsp3) is 0.231. The van der Waals surface area contributed by atoms with Gasteiger partial charge in [0.25, 0.3) is 11.8 Å². The SMILES string of the molecule is COc1ccc(OC)c(CNC(=O)c2ccc(C(=O)NCc3cc(OC)ccc3OC)cc2)c1. The lowest BCUT2D eigenvalue weighted by atomic mass is 10.1. The Balaban J connectivity index is 1.60. The van der Waals surface area contributed by atoms with E-state index in [1.54, 1.807) is 77.0 Å². The Labute approximate surface area is 198 Å². The minimum Gasteiger partial charge on any atom is -0.497 e. The third kappa shape index (κ3) is 5.98. The van der Waals surface area contributed by atoms with Gasteiger partial charge in [-0.3, -0.25) is 9.59 Å². The zero-order chi connectivity index (χ0) is 24.5. The number of rotatable bonds is 10. The van der Waals surface area contributed by atoms with Gasteiger partial charge < -0.3 is 29.6 Å². The van der Waals surface area contributed by atoms with Gasteiger partial charge in [0, 0.05) is 35.3 Å². The molecule has 178 valence electrons. The predicted octanol–water partition coefficient (Wildman–Crippen LogP) is 3.58. The molecule has 2 amide bonds. The fourth-order valence-electron chi connectivity index (χ4n) is 3.37. The molecule has 8 heteroatoms. The van der Waals surface area contributed by atoms with E-state index in [9.17, 15) is 9.59 Å². The topological polar surface area (TPSA) is 95.1 Å². The Kier molecular flexibility index (Phi) is 8.34. The molecule has 0 aliphatic carbocycles. The summed E-state index contributed by atoms with van der Waals surface area (Å²) in [4.78, 5) is 25.2. The van der Waals surface area contributed by atoms with Crippen LogP contribution < -0.4 is 29.6 Å². The van der Waals surface area contributed by atoms with E-state index in [4.69, 9.17) is 18.9 Å². The molecule has 0 spiro atoms. The first kappa shape index (κ1) is 24.4. The predicted molar refractivity (Wildman–Crippen MR) is 128 cm³/mol. The van der Waals surface area contributed by atoms with Gasteiger partial charge in [0.2, 0.25) is 0 Å². The Morgan fingerprint density at radius 1 is 0.588 bits per heavy atom. The van der Waals surface area contributed by atoms with Gasteiger partial charge in [-0.15, -0.1) is 0 Å². The molecule has 0 saturated carbocycles. The third-order valence-corrected chi connectivity index (χ3v) is 5.26. The molecule has 0 heterocycles. The summed E-state index contributed by atoms with van der Waals surface area (Å²) in [6.45, 7) is 0.535. The molecule has 0 aliphatic rings. The average Bonchev–Trinajstić information content (AvgIpc) is 2.89. The normalized spacial score (nSPS) is 10.2. The van der Waals surface area contributed by atoms with Gasteiger partial charge >= 0.3 is 0 Å². The van der Waals surface area contributed by atoms with Crippen LogP contribution in [0.4, 0.5) is 0 Å². The summed E-state index contributed by atoms with van der Waals surface area (Å²) in [7, 11) is 6.30. The van der Waals surface area contributed by atoms with Crippen LogP contribution in [-0.4, -0.2) is 40.3 Å². The number of amides is 2. The van der Waals surface area contributed by atoms with Gasteiger partial charge in [0.15, 0.2) is 0 Å². The summed E-state index contributed by atoms with van der Waals surface area (Å²) in [6.07, 6.45) is 0. The fourth-order valence-corrected chi connectivity index (χ4v) is 3.37. The van der Waals surface area contributed by atoms with Crippen molar-refractivity contribution in [3.63, 3.8) is 0 Å². The zero-order valence-corrected chi connectivity index (χ0v) is 19.6. The number of methoxy groups -OCH3 is 4. The molecule has 0 aromatic heterocycles. The monoisotopic (exact) mass is 464 g/mol. The van der Waals surface area contributed by atoms with Crippen LogP contribution >= 0.6 is 0 Å². The van der Waals surface area contributed by atoms with E-state index < -0.39 is 0 Å². The third-order valence-electron chi connectivity index (χ3n) is 5.26. The molecule has 0 fully saturated rings. The minimum atomic E-state index is -0.266. The molecule has 0 bridgehead atoms. The number of carbonyl (C=O) groups is 2. The van der Waals surface area contributed by atoms with E-state index in [1.165, 1.54) is 0 Å². The second-order valence-corrected chi connectivity index (χ2v) is 7.30. The van der Waals surface area contributed by atoms with E-state index in [0.717, 1.165) is 11.1 Å². The first-order valence-electron chi connectivity index (χ1n) is 10.6. The quantitative estimate of drug-likeness (QED) is 0.476. The van der Waals surface area contributed by atoms with Crippen molar-refractivity contribution in [2.45, 2.75) is 13.1 Å². The van der Waals surface area contributed by atoms with E-state index in [1.807, 2.05) is 12.1 Å². The summed E-state index contributed by atoms with van der Waals surface area (Å²) in [5.74, 6) is 2.12. The number of hydrogen-bond donors (Lipinski definition) is 2. The zero-order valence-electron chi connectivity index (χ0n) is 19.6. The first-order chi connectivity index (χ1) is 16.5. The van der Waals surface area contributed by atoms with Crippen molar-refractivity contribution >= 4 is 11.8 Å². The number of nitrogens with one attached hydrogen (secondary N) is 2. The summed E-state index contributed by atoms with van der Waals surface area (Å²) >= 11 is 0. The van der Waals surface area contributed by atoms with Crippen LogP contribution in [0.5, 0.6) is 23.0 Å². The Bertz CT molecular complexity index is 1050. The lowest BCUT2D eigenvalue weighted by Crippen LogP contribution is -2.24. The smallest absolute Gasteiger partial charge is 0.251 e. The average molecular weight is 465 g/mol. The van der Waals surface area contributed by atoms with Gasteiger partial charge in [-0.1, -0.05) is 0 Å². The molecule has 3 rings (SSSR count). The van der Waals surface area contributed by atoms with Gasteiger partial charge in [0.05, 0.1) is 28.4 Å². The highest BCUT2D eigenvalue weighted by Gasteiger charge is 2.12. The van der Waals surface area contributed by atoms with E-state index in [0.29, 0.717) is 34.1 Å². The standard InChI is InChI=1S/C26H28N2O6/c1-31-21-9-11-23(33-3)19(13-21)15-27-25(29)17-5-7-18(8-6-17)26(30)28-16-20-14-22(32-2)10-12-24(20)34-4/h5-14H,15-16H2,1-4H3,(H,27,29)(H,28,30). The first-order valence-corrected chi connectivity index (χ1v) is 10.6. The van der Waals surface area contributed by atoms with E-state index in [2.05, 4.69) is 10.6 Å². The van der Waals surface area contributed by atoms with Crippen molar-refractivity contribution in [2.24, 2.45) is 0 Å². The number of ether oxygens (including phenoxy) is 4. The number of benzene rings is 3. The van der Waals surface area contributed by atoms with Crippen molar-refractivity contribution < 1.29 is 28.5 Å². The molecule has 3 aromatic rings. The molecular weight excluding hydrogens is 436 g/mol. The molecular formula is C26H28N2O6. The molecule has 34 heavy (non-hydrogen) atoms. The second-order valence-electron chi connectivity index (χ2n) is 7.30. The number of carbonyl (C=O) groups excluding carboxylic acids is 2. The number of hydrogen-bond acceptors (Lipinski definition) is 6. The van der Waals surface area contributed by atoms with Crippen LogP contribution in [0.1, 0.15) is 31.8 Å². The summed E-state index contributed by atoms with van der Waals surface area (Å²) in [5.41, 5.74) is 2.46. The second kappa shape index (κ2) is 11.6. The highest BCUT2D eigenvalue weighted by Crippen LogP contribution is 2.25. The molecule has 0 saturated heterocycles. The molecule has 0 atom stereocenters.